The number of methoxy groups -OCH3 is 1. The van der Waals surface area contributed by atoms with Crippen molar-refractivity contribution in [2.45, 2.75) is 6.10 Å². The zero-order valence-corrected chi connectivity index (χ0v) is 12.6. The Labute approximate surface area is 133 Å². The lowest BCUT2D eigenvalue weighted by molar-refractivity contribution is -0.384. The van der Waals surface area contributed by atoms with Gasteiger partial charge in [0, 0.05) is 31.5 Å². The Morgan fingerprint density at radius 3 is 2.57 bits per heavy atom. The van der Waals surface area contributed by atoms with E-state index in [9.17, 15) is 14.9 Å². The van der Waals surface area contributed by atoms with E-state index in [2.05, 4.69) is 5.32 Å². The first-order valence-corrected chi connectivity index (χ1v) is 6.92. The topological polar surface area (TPSA) is 107 Å². The summed E-state index contributed by atoms with van der Waals surface area (Å²) in [5.41, 5.74) is 6.60. The van der Waals surface area contributed by atoms with Gasteiger partial charge in [0.05, 0.1) is 16.6 Å². The lowest BCUT2D eigenvalue weighted by atomic mass is 10.1. The molecule has 0 saturated carbocycles. The average molecular weight is 315 g/mol. The molecule has 0 radical (unpaired) electrons. The summed E-state index contributed by atoms with van der Waals surface area (Å²) in [6.07, 6.45) is -0.230. The van der Waals surface area contributed by atoms with Crippen molar-refractivity contribution in [1.29, 1.82) is 0 Å². The van der Waals surface area contributed by atoms with Gasteiger partial charge in [0.1, 0.15) is 0 Å². The van der Waals surface area contributed by atoms with Crippen LogP contribution in [0.1, 0.15) is 22.0 Å². The van der Waals surface area contributed by atoms with E-state index in [1.54, 1.807) is 7.11 Å². The van der Waals surface area contributed by atoms with Gasteiger partial charge >= 0.3 is 0 Å². The molecule has 1 unspecified atom stereocenters. The van der Waals surface area contributed by atoms with Crippen molar-refractivity contribution in [3.63, 3.8) is 0 Å². The Morgan fingerprint density at radius 2 is 2.00 bits per heavy atom. The molecule has 120 valence electrons. The second kappa shape index (κ2) is 7.37. The number of carbonyl (C=O) groups is 1. The smallest absolute Gasteiger partial charge is 0.270 e. The Kier molecular flexibility index (Phi) is 5.27. The number of anilines is 1. The minimum atomic E-state index is -0.732. The molecule has 7 heteroatoms. The standard InChI is InChI=1S/C16H17N3O4/c1-23-15(11-5-3-2-4-6-11)10-18-14-8-7-12(19(21)22)9-13(14)16(17)20/h2-9,15,18H,10H2,1H3,(H2,17,20). The van der Waals surface area contributed by atoms with Crippen LogP contribution in [0.15, 0.2) is 48.5 Å². The summed E-state index contributed by atoms with van der Waals surface area (Å²) >= 11 is 0. The molecule has 0 aliphatic carbocycles. The van der Waals surface area contributed by atoms with E-state index in [4.69, 9.17) is 10.5 Å². The van der Waals surface area contributed by atoms with Crippen LogP contribution in [0.5, 0.6) is 0 Å². The van der Waals surface area contributed by atoms with Gasteiger partial charge in [-0.05, 0) is 11.6 Å². The van der Waals surface area contributed by atoms with Gasteiger partial charge in [-0.3, -0.25) is 14.9 Å². The van der Waals surface area contributed by atoms with Gasteiger partial charge in [-0.25, -0.2) is 0 Å². The van der Waals surface area contributed by atoms with Crippen LogP contribution in [-0.4, -0.2) is 24.5 Å². The van der Waals surface area contributed by atoms with Gasteiger partial charge in [-0.15, -0.1) is 0 Å². The molecule has 3 N–H and O–H groups in total. The highest BCUT2D eigenvalue weighted by Gasteiger charge is 2.16. The molecule has 0 aromatic heterocycles. The molecular formula is C16H17N3O4. The Morgan fingerprint density at radius 1 is 1.30 bits per heavy atom. The van der Waals surface area contributed by atoms with Gasteiger partial charge in [0.25, 0.3) is 11.6 Å². The van der Waals surface area contributed by atoms with Gasteiger partial charge in [0.15, 0.2) is 0 Å². The summed E-state index contributed by atoms with van der Waals surface area (Å²) in [5, 5.41) is 13.9. The van der Waals surface area contributed by atoms with Crippen LogP contribution in [0.4, 0.5) is 11.4 Å². The third-order valence-corrected chi connectivity index (χ3v) is 3.41. The first kappa shape index (κ1) is 16.4. The Hall–Kier alpha value is -2.93. The highest BCUT2D eigenvalue weighted by molar-refractivity contribution is 5.99. The van der Waals surface area contributed by atoms with E-state index in [0.29, 0.717) is 12.2 Å². The lowest BCUT2D eigenvalue weighted by Crippen LogP contribution is -2.19. The van der Waals surface area contributed by atoms with Crippen molar-refractivity contribution in [2.24, 2.45) is 5.73 Å². The zero-order valence-electron chi connectivity index (χ0n) is 12.6. The molecule has 0 spiro atoms. The van der Waals surface area contributed by atoms with Crippen LogP contribution in [0.25, 0.3) is 0 Å². The number of nitrogens with zero attached hydrogens (tertiary/aromatic N) is 1. The molecule has 2 rings (SSSR count). The molecule has 2 aromatic carbocycles. The number of hydrogen-bond donors (Lipinski definition) is 2. The summed E-state index contributed by atoms with van der Waals surface area (Å²) in [5.74, 6) is -0.732. The van der Waals surface area contributed by atoms with Crippen LogP contribution in [0.3, 0.4) is 0 Å². The largest absolute Gasteiger partial charge is 0.381 e. The SMILES string of the molecule is COC(CNc1ccc([N+](=O)[O-])cc1C(N)=O)c1ccccc1. The maximum Gasteiger partial charge on any atom is 0.270 e. The predicted octanol–water partition coefficient (Wildman–Crippen LogP) is 2.49. The molecule has 23 heavy (non-hydrogen) atoms. The van der Waals surface area contributed by atoms with Crippen molar-refractivity contribution in [1.82, 2.24) is 0 Å². The molecule has 0 aliphatic heterocycles. The van der Waals surface area contributed by atoms with Gasteiger partial charge in [-0.1, -0.05) is 30.3 Å². The van der Waals surface area contributed by atoms with Crippen LogP contribution in [-0.2, 0) is 4.74 Å². The number of benzene rings is 2. The lowest BCUT2D eigenvalue weighted by Gasteiger charge is -2.18. The molecule has 7 nitrogen and oxygen atoms in total. The van der Waals surface area contributed by atoms with Gasteiger partial charge in [0.2, 0.25) is 0 Å². The molecule has 1 amide bonds. The summed E-state index contributed by atoms with van der Waals surface area (Å²) in [6, 6.07) is 13.5. The first-order valence-electron chi connectivity index (χ1n) is 6.92. The molecule has 1 atom stereocenters. The van der Waals surface area contributed by atoms with E-state index in [1.165, 1.54) is 12.1 Å². The second-order valence-corrected chi connectivity index (χ2v) is 4.87. The molecule has 0 aliphatic rings. The van der Waals surface area contributed by atoms with Gasteiger partial charge < -0.3 is 15.8 Å². The fourth-order valence-corrected chi connectivity index (χ4v) is 2.21. The monoisotopic (exact) mass is 315 g/mol. The Balaban J connectivity index is 2.19. The summed E-state index contributed by atoms with van der Waals surface area (Å²) in [7, 11) is 1.59. The van der Waals surface area contributed by atoms with Crippen molar-refractivity contribution < 1.29 is 14.5 Å². The van der Waals surface area contributed by atoms with Crippen molar-refractivity contribution in [3.05, 3.63) is 69.8 Å². The molecular weight excluding hydrogens is 298 g/mol. The van der Waals surface area contributed by atoms with Crippen LogP contribution in [0.2, 0.25) is 0 Å². The van der Waals surface area contributed by atoms with E-state index >= 15 is 0 Å². The number of amides is 1. The fourth-order valence-electron chi connectivity index (χ4n) is 2.21. The number of non-ortho nitro benzene ring substituents is 1. The van der Waals surface area contributed by atoms with Crippen molar-refractivity contribution in [3.8, 4) is 0 Å². The molecule has 0 saturated heterocycles. The van der Waals surface area contributed by atoms with E-state index in [-0.39, 0.29) is 17.4 Å². The second-order valence-electron chi connectivity index (χ2n) is 4.87. The minimum absolute atomic E-state index is 0.0714. The number of nitrogens with one attached hydrogen (secondary N) is 1. The van der Waals surface area contributed by atoms with Crippen molar-refractivity contribution in [2.75, 3.05) is 19.0 Å². The first-order chi connectivity index (χ1) is 11.0. The van der Waals surface area contributed by atoms with E-state index in [1.807, 2.05) is 30.3 Å². The normalized spacial score (nSPS) is 11.7. The Bertz CT molecular complexity index is 704. The maximum atomic E-state index is 11.5. The third-order valence-electron chi connectivity index (χ3n) is 3.41. The molecule has 2 aromatic rings. The predicted molar refractivity (Wildman–Crippen MR) is 86.3 cm³/mol. The zero-order chi connectivity index (χ0) is 16.8. The number of rotatable bonds is 7. The summed E-state index contributed by atoms with van der Waals surface area (Å²) in [4.78, 5) is 21.7. The highest BCUT2D eigenvalue weighted by Crippen LogP contribution is 2.23. The van der Waals surface area contributed by atoms with Crippen LogP contribution in [0, 0.1) is 10.1 Å². The minimum Gasteiger partial charge on any atom is -0.381 e. The number of carbonyl (C=O) groups excluding carboxylic acids is 1. The number of primary amides is 1. The van der Waals surface area contributed by atoms with Gasteiger partial charge in [-0.2, -0.15) is 0 Å². The average Bonchev–Trinajstić information content (AvgIpc) is 2.56. The number of nitro benzene ring substituents is 1. The number of ether oxygens (including phenoxy) is 1. The summed E-state index contributed by atoms with van der Waals surface area (Å²) < 4.78 is 5.43. The van der Waals surface area contributed by atoms with Crippen LogP contribution >= 0.6 is 0 Å². The van der Waals surface area contributed by atoms with E-state index < -0.39 is 10.8 Å². The number of nitrogens with two attached hydrogens (primary N) is 1. The quantitative estimate of drug-likeness (QED) is 0.603. The molecule has 0 bridgehead atoms. The fraction of sp³-hybridized carbons (Fsp3) is 0.188. The third kappa shape index (κ3) is 4.04. The molecule has 0 fully saturated rings. The van der Waals surface area contributed by atoms with E-state index in [0.717, 1.165) is 11.6 Å². The van der Waals surface area contributed by atoms with Crippen LogP contribution < -0.4 is 11.1 Å². The number of hydrogen-bond acceptors (Lipinski definition) is 5. The van der Waals surface area contributed by atoms with Crippen molar-refractivity contribution >= 4 is 17.3 Å². The molecule has 0 heterocycles. The maximum absolute atomic E-state index is 11.5. The number of nitro groups is 1. The summed E-state index contributed by atoms with van der Waals surface area (Å²) in [6.45, 7) is 0.388. The highest BCUT2D eigenvalue weighted by atomic mass is 16.6.